The van der Waals surface area contributed by atoms with Gasteiger partial charge in [-0.3, -0.25) is 15.4 Å². The summed E-state index contributed by atoms with van der Waals surface area (Å²) in [6.07, 6.45) is 1.06. The van der Waals surface area contributed by atoms with Crippen molar-refractivity contribution >= 4 is 28.7 Å². The van der Waals surface area contributed by atoms with Crippen LogP contribution in [-0.4, -0.2) is 33.1 Å². The number of nitro benzene ring substituents is 1. The Labute approximate surface area is 166 Å². The second-order valence-corrected chi connectivity index (χ2v) is 9.09. The van der Waals surface area contributed by atoms with E-state index in [0.717, 1.165) is 12.1 Å². The van der Waals surface area contributed by atoms with E-state index in [0.29, 0.717) is 25.0 Å². The summed E-state index contributed by atoms with van der Waals surface area (Å²) in [4.78, 5) is 27.4. The predicted octanol–water partition coefficient (Wildman–Crippen LogP) is 3.44. The fourth-order valence-corrected chi connectivity index (χ4v) is 4.89. The maximum atomic E-state index is 14.8. The van der Waals surface area contributed by atoms with Gasteiger partial charge in [-0.1, -0.05) is 11.8 Å². The molecule has 152 valence electrons. The molecule has 2 aliphatic rings. The van der Waals surface area contributed by atoms with Gasteiger partial charge in [0.15, 0.2) is 5.17 Å². The topological polar surface area (TPSA) is 120 Å². The molecule has 2 atom stereocenters. The number of thioether (sulfide) groups is 1. The Morgan fingerprint density at radius 3 is 2.79 bits per heavy atom. The van der Waals surface area contributed by atoms with Crippen molar-refractivity contribution in [1.29, 1.82) is 0 Å². The Morgan fingerprint density at radius 2 is 2.14 bits per heavy atom. The number of hydrogen-bond acceptors (Lipinski definition) is 7. The molecule has 1 saturated carbocycles. The molecule has 1 amide bonds. The van der Waals surface area contributed by atoms with Gasteiger partial charge in [-0.05, 0) is 46.1 Å². The van der Waals surface area contributed by atoms with E-state index in [1.165, 1.54) is 17.8 Å². The van der Waals surface area contributed by atoms with Crippen LogP contribution in [0.2, 0.25) is 0 Å². The van der Waals surface area contributed by atoms with E-state index in [9.17, 15) is 19.3 Å². The van der Waals surface area contributed by atoms with Gasteiger partial charge in [-0.2, -0.15) is 0 Å². The molecular weight excluding hydrogens is 387 g/mol. The van der Waals surface area contributed by atoms with E-state index in [1.807, 2.05) is 0 Å². The van der Waals surface area contributed by atoms with Gasteiger partial charge in [0.2, 0.25) is 0 Å². The summed E-state index contributed by atoms with van der Waals surface area (Å²) in [6, 6.07) is 3.38. The third kappa shape index (κ3) is 3.70. The summed E-state index contributed by atoms with van der Waals surface area (Å²) in [5, 5.41) is 14.1. The van der Waals surface area contributed by atoms with Crippen LogP contribution in [0.4, 0.5) is 14.9 Å². The lowest BCUT2D eigenvalue weighted by Gasteiger charge is -2.44. The number of carbonyl (C=O) groups is 1. The van der Waals surface area contributed by atoms with Crippen molar-refractivity contribution in [3.63, 3.8) is 0 Å². The first-order valence-electron chi connectivity index (χ1n) is 8.92. The number of alkyl carbamates (subject to hydrolysis) is 1. The van der Waals surface area contributed by atoms with Crippen LogP contribution >= 0.6 is 11.8 Å². The number of amidine groups is 1. The number of rotatable bonds is 2. The first kappa shape index (κ1) is 20.5. The molecule has 0 spiro atoms. The average Bonchev–Trinajstić information content (AvgIpc) is 2.90. The first-order valence-corrected chi connectivity index (χ1v) is 9.90. The van der Waals surface area contributed by atoms with Gasteiger partial charge in [-0.15, -0.1) is 0 Å². The van der Waals surface area contributed by atoms with Crippen LogP contribution in [-0.2, 0) is 10.3 Å². The van der Waals surface area contributed by atoms with Crippen LogP contribution in [0.15, 0.2) is 23.2 Å². The minimum atomic E-state index is -1.18. The van der Waals surface area contributed by atoms with E-state index in [4.69, 9.17) is 10.5 Å². The molecule has 3 rings (SSSR count). The minimum Gasteiger partial charge on any atom is -0.444 e. The molecule has 0 aromatic heterocycles. The van der Waals surface area contributed by atoms with E-state index < -0.39 is 33.5 Å². The first-order chi connectivity index (χ1) is 13.0. The molecule has 1 fully saturated rings. The molecule has 3 N–H and O–H groups in total. The average molecular weight is 410 g/mol. The minimum absolute atomic E-state index is 0.0884. The second kappa shape index (κ2) is 7.00. The summed E-state index contributed by atoms with van der Waals surface area (Å²) in [7, 11) is 0. The fourth-order valence-electron chi connectivity index (χ4n) is 3.74. The van der Waals surface area contributed by atoms with Crippen molar-refractivity contribution < 1.29 is 18.8 Å². The zero-order chi connectivity index (χ0) is 20.7. The van der Waals surface area contributed by atoms with Crippen LogP contribution in [0.5, 0.6) is 0 Å². The molecular formula is C18H23FN4O4S. The van der Waals surface area contributed by atoms with Crippen molar-refractivity contribution in [2.75, 3.05) is 5.75 Å². The van der Waals surface area contributed by atoms with Crippen LogP contribution in [0.25, 0.3) is 0 Å². The molecule has 28 heavy (non-hydrogen) atoms. The van der Waals surface area contributed by atoms with E-state index in [-0.39, 0.29) is 16.4 Å². The van der Waals surface area contributed by atoms with Crippen LogP contribution in [0.1, 0.15) is 45.6 Å². The van der Waals surface area contributed by atoms with Gasteiger partial charge in [0.05, 0.1) is 10.5 Å². The second-order valence-electron chi connectivity index (χ2n) is 8.12. The summed E-state index contributed by atoms with van der Waals surface area (Å²) in [6.45, 7) is 5.22. The Bertz CT molecular complexity index is 856. The van der Waals surface area contributed by atoms with Crippen molar-refractivity contribution in [3.8, 4) is 0 Å². The zero-order valence-corrected chi connectivity index (χ0v) is 16.8. The molecule has 1 aromatic carbocycles. The van der Waals surface area contributed by atoms with E-state index >= 15 is 0 Å². The van der Waals surface area contributed by atoms with Crippen LogP contribution < -0.4 is 11.1 Å². The normalized spacial score (nSPS) is 27.0. The quantitative estimate of drug-likeness (QED) is 0.569. The SMILES string of the molecule is CC(C)(C)OC(=O)NC1=N[C@@]2(c3cc([N+](=O)[O-])ccc3F)CCC[C@@]2(N)CS1. The van der Waals surface area contributed by atoms with Gasteiger partial charge >= 0.3 is 6.09 Å². The highest BCUT2D eigenvalue weighted by Crippen LogP contribution is 2.53. The smallest absolute Gasteiger partial charge is 0.413 e. The molecule has 1 aliphatic heterocycles. The summed E-state index contributed by atoms with van der Waals surface area (Å²) < 4.78 is 20.0. The number of nitrogens with zero attached hydrogens (tertiary/aromatic N) is 2. The third-order valence-corrected chi connectivity index (χ3v) is 6.08. The number of amides is 1. The third-order valence-electron chi connectivity index (χ3n) is 4.96. The largest absolute Gasteiger partial charge is 0.444 e. The van der Waals surface area contributed by atoms with Crippen LogP contribution in [0.3, 0.4) is 0 Å². The molecule has 10 heteroatoms. The number of nitro groups is 1. The number of carbonyl (C=O) groups excluding carboxylic acids is 1. The molecule has 1 aliphatic carbocycles. The highest BCUT2D eigenvalue weighted by atomic mass is 32.2. The summed E-state index contributed by atoms with van der Waals surface area (Å²) in [5.74, 6) is -0.210. The standard InChI is InChI=1S/C18H23FN4O4S/c1-16(2,3)27-15(24)21-14-22-18(8-4-7-17(18,20)10-28-14)12-9-11(23(25)26)5-6-13(12)19/h5-6,9H,4,7-8,10,20H2,1-3H3,(H,21,22,24)/t17-,18-/m1/s1. The Hall–Kier alpha value is -2.20. The molecule has 8 nitrogen and oxygen atoms in total. The molecule has 1 heterocycles. The Kier molecular flexibility index (Phi) is 5.13. The van der Waals surface area contributed by atoms with E-state index in [1.54, 1.807) is 20.8 Å². The molecule has 1 aromatic rings. The molecule has 0 unspecified atom stereocenters. The van der Waals surface area contributed by atoms with Gasteiger partial charge in [0, 0.05) is 23.4 Å². The number of benzene rings is 1. The predicted molar refractivity (Wildman–Crippen MR) is 105 cm³/mol. The maximum absolute atomic E-state index is 14.8. The number of nitrogens with two attached hydrogens (primary N) is 1. The molecule has 0 radical (unpaired) electrons. The number of aliphatic imine (C=N–C) groups is 1. The van der Waals surface area contributed by atoms with E-state index in [2.05, 4.69) is 10.3 Å². The Balaban J connectivity index is 2.03. The highest BCUT2D eigenvalue weighted by Gasteiger charge is 2.57. The van der Waals surface area contributed by atoms with Crippen LogP contribution in [0, 0.1) is 15.9 Å². The fraction of sp³-hybridized carbons (Fsp3) is 0.556. The zero-order valence-electron chi connectivity index (χ0n) is 16.0. The van der Waals surface area contributed by atoms with Crippen molar-refractivity contribution in [2.45, 2.75) is 56.7 Å². The maximum Gasteiger partial charge on any atom is 0.413 e. The number of ether oxygens (including phenoxy) is 1. The molecule has 0 bridgehead atoms. The lowest BCUT2D eigenvalue weighted by molar-refractivity contribution is -0.385. The summed E-state index contributed by atoms with van der Waals surface area (Å²) in [5.41, 5.74) is 3.74. The number of hydrogen-bond donors (Lipinski definition) is 2. The van der Waals surface area contributed by atoms with Crippen molar-refractivity contribution in [3.05, 3.63) is 39.7 Å². The van der Waals surface area contributed by atoms with Gasteiger partial charge in [-0.25, -0.2) is 14.2 Å². The van der Waals surface area contributed by atoms with Gasteiger partial charge in [0.25, 0.3) is 5.69 Å². The number of non-ortho nitro benzene ring substituents is 1. The lowest BCUT2D eigenvalue weighted by atomic mass is 9.76. The Morgan fingerprint density at radius 1 is 1.43 bits per heavy atom. The monoisotopic (exact) mass is 410 g/mol. The van der Waals surface area contributed by atoms with Gasteiger partial charge < -0.3 is 10.5 Å². The molecule has 0 saturated heterocycles. The number of fused-ring (bicyclic) bond motifs is 1. The number of nitrogens with one attached hydrogen (secondary N) is 1. The van der Waals surface area contributed by atoms with Gasteiger partial charge in [0.1, 0.15) is 17.0 Å². The van der Waals surface area contributed by atoms with Crippen molar-refractivity contribution in [2.24, 2.45) is 10.7 Å². The number of halogens is 1. The lowest BCUT2D eigenvalue weighted by Crippen LogP contribution is -2.59. The van der Waals surface area contributed by atoms with Crippen molar-refractivity contribution in [1.82, 2.24) is 5.32 Å². The summed E-state index contributed by atoms with van der Waals surface area (Å²) >= 11 is 1.26. The highest BCUT2D eigenvalue weighted by molar-refractivity contribution is 8.14.